The Kier molecular flexibility index (Phi) is 5.46. The minimum atomic E-state index is -0.764. The van der Waals surface area contributed by atoms with Gasteiger partial charge in [0, 0.05) is 5.56 Å². The number of amides is 1. The van der Waals surface area contributed by atoms with Gasteiger partial charge in [0.05, 0.1) is 7.11 Å². The van der Waals surface area contributed by atoms with Crippen LogP contribution in [0.2, 0.25) is 0 Å². The van der Waals surface area contributed by atoms with Crippen LogP contribution >= 0.6 is 0 Å². The first-order chi connectivity index (χ1) is 14.2. The summed E-state index contributed by atoms with van der Waals surface area (Å²) in [6.07, 6.45) is 3.81. The van der Waals surface area contributed by atoms with Gasteiger partial charge in [0.15, 0.2) is 23.3 Å². The smallest absolute Gasteiger partial charge is 0.266 e. The van der Waals surface area contributed by atoms with Crippen molar-refractivity contribution in [1.29, 1.82) is 0 Å². The van der Waals surface area contributed by atoms with Crippen molar-refractivity contribution in [2.45, 2.75) is 38.7 Å². The Balaban J connectivity index is 1.49. The van der Waals surface area contributed by atoms with Crippen LogP contribution < -0.4 is 14.8 Å². The standard InChI is InChI=1S/C22H23N3O4/c1-14(28-19-10-6-5-9-18(19)27-2)22(26)23-21-20(24-29-25-21)17-12-11-15-7-3-4-8-16(15)13-17/h5-6,9-14H,3-4,7-8H2,1-2H3,(H,23,25,26)/t14-/m0/s1. The first-order valence-corrected chi connectivity index (χ1v) is 9.71. The summed E-state index contributed by atoms with van der Waals surface area (Å²) in [5.74, 6) is 0.975. The van der Waals surface area contributed by atoms with E-state index in [2.05, 4.69) is 27.8 Å². The van der Waals surface area contributed by atoms with Crippen LogP contribution in [-0.2, 0) is 17.6 Å². The summed E-state index contributed by atoms with van der Waals surface area (Å²) in [4.78, 5) is 12.6. The summed E-state index contributed by atoms with van der Waals surface area (Å²) in [7, 11) is 1.55. The van der Waals surface area contributed by atoms with Crippen molar-refractivity contribution in [2.24, 2.45) is 0 Å². The molecule has 0 saturated heterocycles. The van der Waals surface area contributed by atoms with Gasteiger partial charge in [-0.3, -0.25) is 4.79 Å². The first kappa shape index (κ1) is 19.0. The summed E-state index contributed by atoms with van der Waals surface area (Å²) in [6.45, 7) is 1.66. The Bertz CT molecular complexity index is 1010. The molecule has 150 valence electrons. The van der Waals surface area contributed by atoms with Gasteiger partial charge in [-0.15, -0.1) is 0 Å². The quantitative estimate of drug-likeness (QED) is 0.680. The van der Waals surface area contributed by atoms with Crippen LogP contribution in [0.5, 0.6) is 11.5 Å². The lowest BCUT2D eigenvalue weighted by Gasteiger charge is -2.17. The highest BCUT2D eigenvalue weighted by Crippen LogP contribution is 2.30. The largest absolute Gasteiger partial charge is 0.493 e. The molecule has 4 rings (SSSR count). The Morgan fingerprint density at radius 1 is 1.07 bits per heavy atom. The summed E-state index contributed by atoms with van der Waals surface area (Å²) in [6, 6.07) is 13.4. The molecule has 1 N–H and O–H groups in total. The average Bonchev–Trinajstić information content (AvgIpc) is 3.21. The number of carbonyl (C=O) groups is 1. The molecule has 3 aromatic rings. The van der Waals surface area contributed by atoms with Gasteiger partial charge in [-0.2, -0.15) is 0 Å². The van der Waals surface area contributed by atoms with Crippen LogP contribution in [-0.4, -0.2) is 29.4 Å². The third-order valence-corrected chi connectivity index (χ3v) is 5.09. The molecule has 7 nitrogen and oxygen atoms in total. The Hall–Kier alpha value is -3.35. The second-order valence-corrected chi connectivity index (χ2v) is 7.05. The molecule has 1 heterocycles. The van der Waals surface area contributed by atoms with E-state index in [1.807, 2.05) is 18.2 Å². The van der Waals surface area contributed by atoms with Crippen LogP contribution in [0.1, 0.15) is 30.9 Å². The van der Waals surface area contributed by atoms with E-state index in [0.717, 1.165) is 18.4 Å². The fraction of sp³-hybridized carbons (Fsp3) is 0.318. The number of nitrogens with one attached hydrogen (secondary N) is 1. The molecule has 1 amide bonds. The maximum absolute atomic E-state index is 12.6. The minimum Gasteiger partial charge on any atom is -0.493 e. The van der Waals surface area contributed by atoms with Gasteiger partial charge in [-0.1, -0.05) is 24.3 Å². The lowest BCUT2D eigenvalue weighted by molar-refractivity contribution is -0.122. The van der Waals surface area contributed by atoms with Gasteiger partial charge in [0.2, 0.25) is 5.82 Å². The van der Waals surface area contributed by atoms with Gasteiger partial charge in [-0.25, -0.2) is 4.63 Å². The van der Waals surface area contributed by atoms with Crippen LogP contribution in [0.3, 0.4) is 0 Å². The number of anilines is 1. The predicted molar refractivity (Wildman–Crippen MR) is 108 cm³/mol. The molecule has 0 spiro atoms. The molecular weight excluding hydrogens is 370 g/mol. The third kappa shape index (κ3) is 4.08. The molecule has 1 aliphatic carbocycles. The van der Waals surface area contributed by atoms with E-state index in [1.54, 1.807) is 26.2 Å². The molecule has 0 unspecified atom stereocenters. The Labute approximate surface area is 169 Å². The van der Waals surface area contributed by atoms with Gasteiger partial charge >= 0.3 is 0 Å². The van der Waals surface area contributed by atoms with Crippen molar-refractivity contribution in [1.82, 2.24) is 10.3 Å². The summed E-state index contributed by atoms with van der Waals surface area (Å²) in [5, 5.41) is 10.6. The van der Waals surface area contributed by atoms with Crippen molar-refractivity contribution in [2.75, 3.05) is 12.4 Å². The zero-order chi connectivity index (χ0) is 20.2. The van der Waals surface area contributed by atoms with Crippen LogP contribution in [0.15, 0.2) is 47.1 Å². The maximum Gasteiger partial charge on any atom is 0.266 e. The molecule has 0 saturated carbocycles. The Morgan fingerprint density at radius 2 is 1.83 bits per heavy atom. The predicted octanol–water partition coefficient (Wildman–Crippen LogP) is 4.03. The lowest BCUT2D eigenvalue weighted by atomic mass is 9.90. The molecule has 1 atom stereocenters. The molecule has 0 radical (unpaired) electrons. The number of aryl methyl sites for hydroxylation is 2. The number of benzene rings is 2. The van der Waals surface area contributed by atoms with E-state index >= 15 is 0 Å². The second-order valence-electron chi connectivity index (χ2n) is 7.05. The zero-order valence-corrected chi connectivity index (χ0v) is 16.5. The Morgan fingerprint density at radius 3 is 2.62 bits per heavy atom. The van der Waals surface area contributed by atoms with Crippen molar-refractivity contribution in [3.63, 3.8) is 0 Å². The molecule has 2 aromatic carbocycles. The number of methoxy groups -OCH3 is 1. The van der Waals surface area contributed by atoms with E-state index in [9.17, 15) is 4.79 Å². The number of carbonyl (C=O) groups excluding carboxylic acids is 1. The highest BCUT2D eigenvalue weighted by atomic mass is 16.6. The van der Waals surface area contributed by atoms with Crippen molar-refractivity contribution in [3.05, 3.63) is 53.6 Å². The van der Waals surface area contributed by atoms with Gasteiger partial charge in [0.1, 0.15) is 0 Å². The molecule has 1 aromatic heterocycles. The molecule has 0 aliphatic heterocycles. The lowest BCUT2D eigenvalue weighted by Crippen LogP contribution is -2.30. The van der Waals surface area contributed by atoms with E-state index < -0.39 is 6.10 Å². The van der Waals surface area contributed by atoms with E-state index in [1.165, 1.54) is 24.0 Å². The summed E-state index contributed by atoms with van der Waals surface area (Å²) >= 11 is 0. The topological polar surface area (TPSA) is 86.5 Å². The number of aromatic nitrogens is 2. The number of rotatable bonds is 6. The van der Waals surface area contributed by atoms with Gasteiger partial charge < -0.3 is 14.8 Å². The highest BCUT2D eigenvalue weighted by molar-refractivity contribution is 5.96. The number of ether oxygens (including phenoxy) is 2. The summed E-state index contributed by atoms with van der Waals surface area (Å²) in [5.41, 5.74) is 4.08. The molecule has 0 bridgehead atoms. The van der Waals surface area contributed by atoms with E-state index in [-0.39, 0.29) is 11.7 Å². The average molecular weight is 393 g/mol. The maximum atomic E-state index is 12.6. The molecule has 29 heavy (non-hydrogen) atoms. The highest BCUT2D eigenvalue weighted by Gasteiger charge is 2.22. The monoisotopic (exact) mass is 393 g/mol. The normalized spacial score (nSPS) is 14.0. The van der Waals surface area contributed by atoms with Crippen molar-refractivity contribution in [3.8, 4) is 22.8 Å². The second kappa shape index (κ2) is 8.34. The van der Waals surface area contributed by atoms with Gasteiger partial charge in [-0.05, 0) is 72.2 Å². The third-order valence-electron chi connectivity index (χ3n) is 5.09. The molecule has 7 heteroatoms. The summed E-state index contributed by atoms with van der Waals surface area (Å²) < 4.78 is 15.9. The number of nitrogens with zero attached hydrogens (tertiary/aromatic N) is 2. The van der Waals surface area contributed by atoms with Crippen LogP contribution in [0, 0.1) is 0 Å². The number of hydrogen-bond acceptors (Lipinski definition) is 6. The SMILES string of the molecule is COc1ccccc1O[C@@H](C)C(=O)Nc1nonc1-c1ccc2c(c1)CCCC2. The van der Waals surface area contributed by atoms with Crippen LogP contribution in [0.25, 0.3) is 11.3 Å². The van der Waals surface area contributed by atoms with Crippen molar-refractivity contribution >= 4 is 11.7 Å². The fourth-order valence-electron chi connectivity index (χ4n) is 3.52. The zero-order valence-electron chi connectivity index (χ0n) is 16.5. The number of para-hydroxylation sites is 2. The fourth-order valence-corrected chi connectivity index (χ4v) is 3.52. The first-order valence-electron chi connectivity index (χ1n) is 9.71. The van der Waals surface area contributed by atoms with E-state index in [0.29, 0.717) is 17.2 Å². The van der Waals surface area contributed by atoms with E-state index in [4.69, 9.17) is 14.1 Å². The molecule has 1 aliphatic rings. The number of fused-ring (bicyclic) bond motifs is 1. The molecule has 0 fully saturated rings. The number of hydrogen-bond donors (Lipinski definition) is 1. The minimum absolute atomic E-state index is 0.279. The van der Waals surface area contributed by atoms with Gasteiger partial charge in [0.25, 0.3) is 5.91 Å². The molecular formula is C22H23N3O4. The van der Waals surface area contributed by atoms with Crippen LogP contribution in [0.4, 0.5) is 5.82 Å². The van der Waals surface area contributed by atoms with Crippen molar-refractivity contribution < 1.29 is 18.9 Å².